The van der Waals surface area contributed by atoms with Crippen LogP contribution in [0.25, 0.3) is 0 Å². The van der Waals surface area contributed by atoms with Crippen molar-refractivity contribution < 1.29 is 14.3 Å². The fourth-order valence-corrected chi connectivity index (χ4v) is 3.23. The van der Waals surface area contributed by atoms with Gasteiger partial charge >= 0.3 is 0 Å². The van der Waals surface area contributed by atoms with Crippen LogP contribution in [0.15, 0.2) is 12.3 Å². The lowest BCUT2D eigenvalue weighted by Gasteiger charge is -2.26. The van der Waals surface area contributed by atoms with Crippen LogP contribution in [-0.2, 0) is 27.4 Å². The van der Waals surface area contributed by atoms with E-state index in [1.165, 1.54) is 12.8 Å². The third-order valence-corrected chi connectivity index (χ3v) is 4.81. The first-order chi connectivity index (χ1) is 10.8. The Kier molecular flexibility index (Phi) is 3.88. The quantitative estimate of drug-likeness (QED) is 0.834. The normalized spacial score (nSPS) is 28.5. The molecule has 3 heterocycles. The maximum absolute atomic E-state index is 12.7. The predicted octanol–water partition coefficient (Wildman–Crippen LogP) is 1.06. The van der Waals surface area contributed by atoms with E-state index >= 15 is 0 Å². The van der Waals surface area contributed by atoms with Crippen LogP contribution < -0.4 is 0 Å². The molecular weight excluding hydrogens is 282 g/mol. The molecule has 1 saturated carbocycles. The molecule has 1 saturated heterocycles. The number of ether oxygens (including phenoxy) is 2. The zero-order valence-electron chi connectivity index (χ0n) is 12.8. The molecule has 0 radical (unpaired) electrons. The van der Waals surface area contributed by atoms with Gasteiger partial charge in [0, 0.05) is 26.0 Å². The van der Waals surface area contributed by atoms with Gasteiger partial charge in [-0.15, -0.1) is 0 Å². The number of carbonyl (C=O) groups excluding carboxylic acids is 1. The summed E-state index contributed by atoms with van der Waals surface area (Å²) in [6.07, 6.45) is 5.24. The fourth-order valence-electron chi connectivity index (χ4n) is 3.23. The van der Waals surface area contributed by atoms with E-state index in [9.17, 15) is 4.79 Å². The minimum Gasteiger partial charge on any atom is -0.381 e. The van der Waals surface area contributed by atoms with Crippen LogP contribution in [0.3, 0.4) is 0 Å². The molecule has 22 heavy (non-hydrogen) atoms. The van der Waals surface area contributed by atoms with Crippen LogP contribution >= 0.6 is 0 Å². The van der Waals surface area contributed by atoms with Crippen LogP contribution in [0.2, 0.25) is 0 Å². The van der Waals surface area contributed by atoms with Gasteiger partial charge in [-0.05, 0) is 31.2 Å². The molecule has 0 spiro atoms. The van der Waals surface area contributed by atoms with Gasteiger partial charge in [-0.1, -0.05) is 0 Å². The minimum absolute atomic E-state index is 0.0125. The smallest absolute Gasteiger partial charge is 0.228 e. The van der Waals surface area contributed by atoms with Gasteiger partial charge in [0.2, 0.25) is 5.91 Å². The Bertz CT molecular complexity index is 534. The van der Waals surface area contributed by atoms with Crippen molar-refractivity contribution in [2.75, 3.05) is 26.4 Å². The highest BCUT2D eigenvalue weighted by molar-refractivity contribution is 5.79. The van der Waals surface area contributed by atoms with Crippen molar-refractivity contribution in [2.45, 2.75) is 38.5 Å². The maximum Gasteiger partial charge on any atom is 0.228 e. The first-order valence-corrected chi connectivity index (χ1v) is 8.28. The fraction of sp³-hybridized carbons (Fsp3) is 0.750. The van der Waals surface area contributed by atoms with Crippen molar-refractivity contribution in [3.8, 4) is 0 Å². The molecule has 1 amide bonds. The van der Waals surface area contributed by atoms with Gasteiger partial charge in [0.15, 0.2) is 0 Å². The van der Waals surface area contributed by atoms with E-state index < -0.39 is 0 Å². The molecule has 1 aromatic rings. The number of aromatic nitrogens is 2. The molecule has 0 bridgehead atoms. The summed E-state index contributed by atoms with van der Waals surface area (Å²) in [6.45, 7) is 4.09. The molecule has 6 nitrogen and oxygen atoms in total. The largest absolute Gasteiger partial charge is 0.381 e. The van der Waals surface area contributed by atoms with Crippen molar-refractivity contribution >= 4 is 5.91 Å². The van der Waals surface area contributed by atoms with Crippen LogP contribution in [0.1, 0.15) is 25.0 Å². The number of rotatable bonds is 4. The third kappa shape index (κ3) is 3.03. The van der Waals surface area contributed by atoms with Gasteiger partial charge in [0.05, 0.1) is 37.4 Å². The van der Waals surface area contributed by atoms with E-state index in [2.05, 4.69) is 5.10 Å². The second-order valence-corrected chi connectivity index (χ2v) is 6.68. The van der Waals surface area contributed by atoms with Gasteiger partial charge in [-0.25, -0.2) is 0 Å². The van der Waals surface area contributed by atoms with E-state index in [4.69, 9.17) is 9.47 Å². The zero-order valence-corrected chi connectivity index (χ0v) is 12.8. The average Bonchev–Trinajstić information content (AvgIpc) is 3.05. The van der Waals surface area contributed by atoms with Crippen LogP contribution in [0.4, 0.5) is 0 Å². The summed E-state index contributed by atoms with van der Waals surface area (Å²) in [5, 5.41) is 4.38. The Morgan fingerprint density at radius 1 is 1.36 bits per heavy atom. The summed E-state index contributed by atoms with van der Waals surface area (Å²) in [7, 11) is 0. The number of nitrogens with zero attached hydrogens (tertiary/aromatic N) is 3. The highest BCUT2D eigenvalue weighted by atomic mass is 16.5. The lowest BCUT2D eigenvalue weighted by Crippen LogP contribution is -2.41. The summed E-state index contributed by atoms with van der Waals surface area (Å²) in [5.74, 6) is 0.943. The summed E-state index contributed by atoms with van der Waals surface area (Å²) < 4.78 is 13.4. The second kappa shape index (κ2) is 6.01. The van der Waals surface area contributed by atoms with E-state index in [-0.39, 0.29) is 17.9 Å². The topological polar surface area (TPSA) is 56.6 Å². The third-order valence-electron chi connectivity index (χ3n) is 4.81. The van der Waals surface area contributed by atoms with E-state index in [1.54, 1.807) is 6.20 Å². The monoisotopic (exact) mass is 305 g/mol. The Hall–Kier alpha value is -1.40. The Morgan fingerprint density at radius 2 is 2.27 bits per heavy atom. The maximum atomic E-state index is 12.7. The highest BCUT2D eigenvalue weighted by Gasteiger charge is 2.33. The molecule has 0 unspecified atom stereocenters. The molecule has 2 atom stereocenters. The van der Waals surface area contributed by atoms with Crippen LogP contribution in [0.5, 0.6) is 0 Å². The van der Waals surface area contributed by atoms with E-state index in [0.29, 0.717) is 26.3 Å². The van der Waals surface area contributed by atoms with Crippen molar-refractivity contribution in [3.63, 3.8) is 0 Å². The first-order valence-electron chi connectivity index (χ1n) is 8.28. The summed E-state index contributed by atoms with van der Waals surface area (Å²) in [6, 6.07) is 1.99. The van der Waals surface area contributed by atoms with Gasteiger partial charge in [-0.2, -0.15) is 5.10 Å². The van der Waals surface area contributed by atoms with Crippen molar-refractivity contribution in [3.05, 3.63) is 18.0 Å². The molecule has 4 rings (SSSR count). The Labute approximate surface area is 130 Å². The lowest BCUT2D eigenvalue weighted by atomic mass is 10.1. The number of carbonyl (C=O) groups is 1. The molecule has 120 valence electrons. The Balaban J connectivity index is 1.48. The number of amides is 1. The van der Waals surface area contributed by atoms with Crippen molar-refractivity contribution in [1.82, 2.24) is 14.7 Å². The van der Waals surface area contributed by atoms with Gasteiger partial charge in [0.25, 0.3) is 0 Å². The summed E-state index contributed by atoms with van der Waals surface area (Å²) in [4.78, 5) is 14.7. The molecule has 6 heteroatoms. The van der Waals surface area contributed by atoms with Gasteiger partial charge in [0.1, 0.15) is 0 Å². The lowest BCUT2D eigenvalue weighted by molar-refractivity contribution is -0.138. The molecule has 2 fully saturated rings. The number of fused-ring (bicyclic) bond motifs is 1. The van der Waals surface area contributed by atoms with E-state index in [1.807, 2.05) is 15.6 Å². The molecule has 1 aromatic heterocycles. The van der Waals surface area contributed by atoms with Gasteiger partial charge in [-0.3, -0.25) is 9.48 Å². The summed E-state index contributed by atoms with van der Waals surface area (Å²) in [5.41, 5.74) is 1.09. The molecular formula is C16H23N3O3. The SMILES string of the molecule is O=C([C@@H]1CCOC1)N1Cc2ccnn2C[C@@H](OCC2CC2)C1. The molecule has 1 aliphatic carbocycles. The predicted molar refractivity (Wildman–Crippen MR) is 79.0 cm³/mol. The molecule has 0 N–H and O–H groups in total. The van der Waals surface area contributed by atoms with Crippen LogP contribution in [-0.4, -0.2) is 53.1 Å². The molecule has 0 aromatic carbocycles. The molecule has 2 aliphatic heterocycles. The second-order valence-electron chi connectivity index (χ2n) is 6.68. The Morgan fingerprint density at radius 3 is 3.05 bits per heavy atom. The van der Waals surface area contributed by atoms with Crippen LogP contribution in [0, 0.1) is 11.8 Å². The summed E-state index contributed by atoms with van der Waals surface area (Å²) >= 11 is 0. The molecule has 3 aliphatic rings. The highest BCUT2D eigenvalue weighted by Crippen LogP contribution is 2.30. The van der Waals surface area contributed by atoms with Crippen molar-refractivity contribution in [1.29, 1.82) is 0 Å². The zero-order chi connectivity index (χ0) is 14.9. The number of hydrogen-bond donors (Lipinski definition) is 0. The average molecular weight is 305 g/mol. The number of hydrogen-bond acceptors (Lipinski definition) is 4. The minimum atomic E-state index is 0.0125. The van der Waals surface area contributed by atoms with Crippen molar-refractivity contribution in [2.24, 2.45) is 11.8 Å². The standard InChI is InChI=1S/C16H23N3O3/c20-16(13-4-6-21-11-13)18-7-14-3-5-17-19(14)9-15(8-18)22-10-12-1-2-12/h3,5,12-13,15H,1-2,4,6-11H2/t13-,15+/m1/s1. The van der Waals surface area contributed by atoms with E-state index in [0.717, 1.165) is 31.2 Å². The first kappa shape index (κ1) is 14.2. The van der Waals surface area contributed by atoms with Gasteiger partial charge < -0.3 is 14.4 Å².